The molecule has 2 rings (SSSR count). The van der Waals surface area contributed by atoms with Gasteiger partial charge in [-0.3, -0.25) is 4.79 Å². The summed E-state index contributed by atoms with van der Waals surface area (Å²) in [5.74, 6) is -1.39. The Morgan fingerprint density at radius 2 is 1.81 bits per heavy atom. The van der Waals surface area contributed by atoms with Crippen LogP contribution in [-0.2, 0) is 4.79 Å². The number of nitrogens with zero attached hydrogens (tertiary/aromatic N) is 1. The van der Waals surface area contributed by atoms with E-state index in [4.69, 9.17) is 5.26 Å². The van der Waals surface area contributed by atoms with Gasteiger partial charge < -0.3 is 10.4 Å². The Kier molecular flexibility index (Phi) is 4.94. The highest BCUT2D eigenvalue weighted by Gasteiger charge is 2.30. The molecule has 1 amide bonds. The number of hydrogen-bond donors (Lipinski definition) is 2. The van der Waals surface area contributed by atoms with Crippen LogP contribution in [0.15, 0.2) is 24.3 Å². The lowest BCUT2D eigenvalue weighted by Crippen LogP contribution is -2.46. The molecule has 0 bridgehead atoms. The van der Waals surface area contributed by atoms with Crippen LogP contribution in [0, 0.1) is 17.2 Å². The van der Waals surface area contributed by atoms with Gasteiger partial charge in [-0.25, -0.2) is 4.79 Å². The lowest BCUT2D eigenvalue weighted by molar-refractivity contribution is -0.141. The molecule has 2 N–H and O–H groups in total. The number of nitrogens with one attached hydrogen (secondary N) is 1. The maximum Gasteiger partial charge on any atom is 0.326 e. The van der Waals surface area contributed by atoms with Crippen LogP contribution in [0.1, 0.15) is 48.0 Å². The molecule has 0 heterocycles. The maximum absolute atomic E-state index is 12.1. The van der Waals surface area contributed by atoms with Crippen molar-refractivity contribution in [2.45, 2.75) is 38.1 Å². The largest absolute Gasteiger partial charge is 0.480 e. The highest BCUT2D eigenvalue weighted by atomic mass is 16.4. The van der Waals surface area contributed by atoms with Gasteiger partial charge in [-0.2, -0.15) is 5.26 Å². The Hall–Kier alpha value is -2.35. The molecule has 1 saturated carbocycles. The number of carboxylic acid groups (broad SMARTS) is 1. The summed E-state index contributed by atoms with van der Waals surface area (Å²) in [5.41, 5.74) is 0.838. The molecular weight excluding hydrogens is 268 g/mol. The Morgan fingerprint density at radius 1 is 1.19 bits per heavy atom. The number of nitriles is 1. The molecule has 1 aromatic carbocycles. The fraction of sp³-hybridized carbons (Fsp3) is 0.438. The molecule has 5 nitrogen and oxygen atoms in total. The summed E-state index contributed by atoms with van der Waals surface area (Å²) < 4.78 is 0. The quantitative estimate of drug-likeness (QED) is 0.888. The number of carboxylic acids is 1. The molecule has 0 saturated heterocycles. The fourth-order valence-corrected chi connectivity index (χ4v) is 2.77. The van der Waals surface area contributed by atoms with E-state index >= 15 is 0 Å². The van der Waals surface area contributed by atoms with E-state index in [0.717, 1.165) is 32.1 Å². The molecule has 1 atom stereocenters. The first-order valence-electron chi connectivity index (χ1n) is 7.15. The molecule has 1 aliphatic carbocycles. The molecule has 0 spiro atoms. The van der Waals surface area contributed by atoms with Crippen molar-refractivity contribution in [1.82, 2.24) is 5.32 Å². The van der Waals surface area contributed by atoms with Crippen LogP contribution < -0.4 is 5.32 Å². The lowest BCUT2D eigenvalue weighted by atomic mass is 9.84. The van der Waals surface area contributed by atoms with Gasteiger partial charge in [0.2, 0.25) is 0 Å². The predicted octanol–water partition coefficient (Wildman–Crippen LogP) is 2.32. The monoisotopic (exact) mass is 286 g/mol. The van der Waals surface area contributed by atoms with E-state index in [1.165, 1.54) is 12.1 Å². The van der Waals surface area contributed by atoms with Gasteiger partial charge in [0.05, 0.1) is 11.6 Å². The Labute approximate surface area is 123 Å². The van der Waals surface area contributed by atoms with E-state index < -0.39 is 17.9 Å². The van der Waals surface area contributed by atoms with Gasteiger partial charge in [0.25, 0.3) is 5.91 Å². The Bertz CT molecular complexity index is 554. The molecule has 1 fully saturated rings. The molecule has 0 radical (unpaired) electrons. The second kappa shape index (κ2) is 6.89. The van der Waals surface area contributed by atoms with Crippen molar-refractivity contribution in [3.8, 4) is 6.07 Å². The van der Waals surface area contributed by atoms with Gasteiger partial charge in [0.15, 0.2) is 0 Å². The zero-order valence-electron chi connectivity index (χ0n) is 11.7. The van der Waals surface area contributed by atoms with Crippen molar-refractivity contribution in [3.63, 3.8) is 0 Å². The van der Waals surface area contributed by atoms with Crippen LogP contribution in [0.4, 0.5) is 0 Å². The van der Waals surface area contributed by atoms with Crippen molar-refractivity contribution in [2.75, 3.05) is 0 Å². The number of carbonyl (C=O) groups excluding carboxylic acids is 1. The van der Waals surface area contributed by atoms with E-state index in [2.05, 4.69) is 5.32 Å². The third-order valence-corrected chi connectivity index (χ3v) is 3.95. The number of benzene rings is 1. The molecular formula is C16H18N2O3. The molecule has 1 aromatic rings. The number of aliphatic carboxylic acids is 1. The van der Waals surface area contributed by atoms with Crippen molar-refractivity contribution in [1.29, 1.82) is 5.26 Å². The van der Waals surface area contributed by atoms with E-state index in [1.807, 2.05) is 6.07 Å². The minimum atomic E-state index is -0.983. The van der Waals surface area contributed by atoms with Crippen LogP contribution >= 0.6 is 0 Å². The second-order valence-electron chi connectivity index (χ2n) is 5.38. The fourth-order valence-electron chi connectivity index (χ4n) is 2.77. The smallest absolute Gasteiger partial charge is 0.326 e. The number of amides is 1. The third kappa shape index (κ3) is 3.82. The SMILES string of the molecule is N#Cc1ccc(C(=O)N[C@@H](C(=O)O)C2CCCCC2)cc1. The Morgan fingerprint density at radius 3 is 2.33 bits per heavy atom. The zero-order chi connectivity index (χ0) is 15.2. The summed E-state index contributed by atoms with van der Waals surface area (Å²) in [5, 5.41) is 20.7. The molecule has 5 heteroatoms. The minimum Gasteiger partial charge on any atom is -0.480 e. The lowest BCUT2D eigenvalue weighted by Gasteiger charge is -2.28. The normalized spacial score (nSPS) is 16.7. The van der Waals surface area contributed by atoms with Crippen molar-refractivity contribution in [3.05, 3.63) is 35.4 Å². The second-order valence-corrected chi connectivity index (χ2v) is 5.38. The van der Waals surface area contributed by atoms with Gasteiger partial charge in [0.1, 0.15) is 6.04 Å². The van der Waals surface area contributed by atoms with E-state index in [9.17, 15) is 14.7 Å². The van der Waals surface area contributed by atoms with Crippen LogP contribution in [0.3, 0.4) is 0 Å². The topological polar surface area (TPSA) is 90.2 Å². The number of carbonyl (C=O) groups is 2. The highest BCUT2D eigenvalue weighted by Crippen LogP contribution is 2.26. The van der Waals surface area contributed by atoms with Crippen LogP contribution in [-0.4, -0.2) is 23.0 Å². The summed E-state index contributed by atoms with van der Waals surface area (Å²) in [7, 11) is 0. The van der Waals surface area contributed by atoms with Crippen molar-refractivity contribution < 1.29 is 14.7 Å². The summed E-state index contributed by atoms with van der Waals surface area (Å²) in [6, 6.07) is 7.30. The standard InChI is InChI=1S/C16H18N2O3/c17-10-11-6-8-13(9-7-11)15(19)18-14(16(20)21)12-4-2-1-3-5-12/h6-9,12,14H,1-5H2,(H,18,19)(H,20,21)/t14-/m1/s1. The van der Waals surface area contributed by atoms with E-state index in [0.29, 0.717) is 11.1 Å². The first-order chi connectivity index (χ1) is 10.1. The highest BCUT2D eigenvalue weighted by molar-refractivity contribution is 5.96. The summed E-state index contributed by atoms with van der Waals surface area (Å²) >= 11 is 0. The molecule has 0 unspecified atom stereocenters. The molecule has 1 aliphatic rings. The Balaban J connectivity index is 2.06. The first-order valence-corrected chi connectivity index (χ1v) is 7.15. The number of rotatable bonds is 4. The minimum absolute atomic E-state index is 0.00131. The zero-order valence-corrected chi connectivity index (χ0v) is 11.7. The van der Waals surface area contributed by atoms with Gasteiger partial charge >= 0.3 is 5.97 Å². The molecule has 0 aliphatic heterocycles. The van der Waals surface area contributed by atoms with Gasteiger partial charge in [-0.05, 0) is 43.0 Å². The first kappa shape index (κ1) is 15.0. The van der Waals surface area contributed by atoms with Gasteiger partial charge in [0, 0.05) is 5.56 Å². The number of hydrogen-bond acceptors (Lipinski definition) is 3. The van der Waals surface area contributed by atoms with Crippen LogP contribution in [0.5, 0.6) is 0 Å². The van der Waals surface area contributed by atoms with Crippen LogP contribution in [0.2, 0.25) is 0 Å². The van der Waals surface area contributed by atoms with Crippen LogP contribution in [0.25, 0.3) is 0 Å². The average molecular weight is 286 g/mol. The van der Waals surface area contributed by atoms with E-state index in [1.54, 1.807) is 12.1 Å². The molecule has 110 valence electrons. The van der Waals surface area contributed by atoms with Crippen molar-refractivity contribution in [2.24, 2.45) is 5.92 Å². The predicted molar refractivity (Wildman–Crippen MR) is 76.6 cm³/mol. The van der Waals surface area contributed by atoms with E-state index in [-0.39, 0.29) is 5.92 Å². The third-order valence-electron chi connectivity index (χ3n) is 3.95. The maximum atomic E-state index is 12.1. The molecule has 21 heavy (non-hydrogen) atoms. The summed E-state index contributed by atoms with van der Waals surface area (Å²) in [6.07, 6.45) is 4.84. The molecule has 0 aromatic heterocycles. The van der Waals surface area contributed by atoms with Gasteiger partial charge in [-0.1, -0.05) is 19.3 Å². The summed E-state index contributed by atoms with van der Waals surface area (Å²) in [4.78, 5) is 23.6. The summed E-state index contributed by atoms with van der Waals surface area (Å²) in [6.45, 7) is 0. The average Bonchev–Trinajstić information content (AvgIpc) is 2.53. The van der Waals surface area contributed by atoms with Crippen molar-refractivity contribution >= 4 is 11.9 Å². The van der Waals surface area contributed by atoms with Gasteiger partial charge in [-0.15, -0.1) is 0 Å².